The number of piperidine rings is 1. The minimum absolute atomic E-state index is 0.213. The molecule has 6 heteroatoms. The van der Waals surface area contributed by atoms with Gasteiger partial charge in [0, 0.05) is 13.1 Å². The molecule has 2 heterocycles. The molecule has 1 saturated heterocycles. The fraction of sp³-hybridized carbons (Fsp3) is 0.692. The number of hydrogen-bond acceptors (Lipinski definition) is 4. The van der Waals surface area contributed by atoms with Gasteiger partial charge in [0.15, 0.2) is 0 Å². The SMILES string of the molecule is CCC1(C(=O)O)CCN(C(=O)C2=COCCO2)CC1. The van der Waals surface area contributed by atoms with Gasteiger partial charge in [0.1, 0.15) is 19.5 Å². The molecule has 0 saturated carbocycles. The summed E-state index contributed by atoms with van der Waals surface area (Å²) in [5, 5.41) is 9.30. The molecular weight excluding hydrogens is 250 g/mol. The number of rotatable bonds is 3. The zero-order chi connectivity index (χ0) is 13.9. The van der Waals surface area contributed by atoms with E-state index in [1.54, 1.807) is 4.90 Å². The second kappa shape index (κ2) is 5.50. The van der Waals surface area contributed by atoms with Gasteiger partial charge >= 0.3 is 5.97 Å². The first-order chi connectivity index (χ1) is 9.09. The van der Waals surface area contributed by atoms with Crippen LogP contribution in [0.5, 0.6) is 0 Å². The number of hydrogen-bond donors (Lipinski definition) is 1. The van der Waals surface area contributed by atoms with Crippen LogP contribution in [0, 0.1) is 5.41 Å². The summed E-state index contributed by atoms with van der Waals surface area (Å²) in [4.78, 5) is 25.1. The maximum absolute atomic E-state index is 12.1. The van der Waals surface area contributed by atoms with Gasteiger partial charge in [-0.2, -0.15) is 0 Å². The zero-order valence-electron chi connectivity index (χ0n) is 11.1. The van der Waals surface area contributed by atoms with Crippen molar-refractivity contribution in [1.29, 1.82) is 0 Å². The Bertz CT molecular complexity index is 396. The molecule has 0 radical (unpaired) electrons. The fourth-order valence-electron chi connectivity index (χ4n) is 2.49. The third-order valence-corrected chi connectivity index (χ3v) is 4.00. The Labute approximate surface area is 112 Å². The normalized spacial score (nSPS) is 21.9. The van der Waals surface area contributed by atoms with E-state index in [0.717, 1.165) is 0 Å². The number of carbonyl (C=O) groups excluding carboxylic acids is 1. The molecule has 0 aromatic carbocycles. The molecule has 1 fully saturated rings. The summed E-state index contributed by atoms with van der Waals surface area (Å²) in [6.45, 7) is 3.60. The van der Waals surface area contributed by atoms with Crippen LogP contribution in [0.25, 0.3) is 0 Å². The maximum Gasteiger partial charge on any atom is 0.309 e. The van der Waals surface area contributed by atoms with Gasteiger partial charge in [-0.3, -0.25) is 9.59 Å². The van der Waals surface area contributed by atoms with Crippen LogP contribution in [0.15, 0.2) is 12.0 Å². The van der Waals surface area contributed by atoms with E-state index in [1.165, 1.54) is 6.26 Å². The van der Waals surface area contributed by atoms with Gasteiger partial charge in [-0.15, -0.1) is 0 Å². The zero-order valence-corrected chi connectivity index (χ0v) is 11.1. The predicted molar refractivity (Wildman–Crippen MR) is 66.2 cm³/mol. The lowest BCUT2D eigenvalue weighted by Gasteiger charge is -2.38. The quantitative estimate of drug-likeness (QED) is 0.826. The highest BCUT2D eigenvalue weighted by atomic mass is 16.6. The van der Waals surface area contributed by atoms with E-state index >= 15 is 0 Å². The molecule has 6 nitrogen and oxygen atoms in total. The van der Waals surface area contributed by atoms with Crippen molar-refractivity contribution in [3.8, 4) is 0 Å². The number of ether oxygens (including phenoxy) is 2. The molecule has 0 aromatic heterocycles. The van der Waals surface area contributed by atoms with Crippen LogP contribution in [0.4, 0.5) is 0 Å². The Morgan fingerprint density at radius 2 is 2.05 bits per heavy atom. The predicted octanol–water partition coefficient (Wildman–Crippen LogP) is 0.978. The first-order valence-electron chi connectivity index (χ1n) is 6.56. The van der Waals surface area contributed by atoms with E-state index in [1.807, 2.05) is 6.92 Å². The Morgan fingerprint density at radius 1 is 1.37 bits per heavy atom. The molecule has 1 amide bonds. The van der Waals surface area contributed by atoms with Crippen molar-refractivity contribution < 1.29 is 24.2 Å². The van der Waals surface area contributed by atoms with E-state index in [9.17, 15) is 14.7 Å². The van der Waals surface area contributed by atoms with Gasteiger partial charge in [-0.05, 0) is 19.3 Å². The molecule has 0 aromatic rings. The third-order valence-electron chi connectivity index (χ3n) is 4.00. The van der Waals surface area contributed by atoms with Crippen molar-refractivity contribution >= 4 is 11.9 Å². The van der Waals surface area contributed by atoms with Crippen LogP contribution in [0.3, 0.4) is 0 Å². The van der Waals surface area contributed by atoms with Crippen molar-refractivity contribution in [2.75, 3.05) is 26.3 Å². The van der Waals surface area contributed by atoms with Crippen LogP contribution < -0.4 is 0 Å². The maximum atomic E-state index is 12.1. The van der Waals surface area contributed by atoms with E-state index in [2.05, 4.69) is 0 Å². The molecule has 1 N–H and O–H groups in total. The number of amides is 1. The monoisotopic (exact) mass is 269 g/mol. The minimum atomic E-state index is -0.765. The fourth-order valence-corrected chi connectivity index (χ4v) is 2.49. The van der Waals surface area contributed by atoms with Crippen molar-refractivity contribution in [2.45, 2.75) is 26.2 Å². The van der Waals surface area contributed by atoms with Gasteiger partial charge in [-0.25, -0.2) is 0 Å². The van der Waals surface area contributed by atoms with Crippen molar-refractivity contribution in [3.05, 3.63) is 12.0 Å². The van der Waals surface area contributed by atoms with Crippen LogP contribution in [-0.4, -0.2) is 48.2 Å². The average molecular weight is 269 g/mol. The number of likely N-dealkylation sites (tertiary alicyclic amines) is 1. The van der Waals surface area contributed by atoms with E-state index in [0.29, 0.717) is 45.6 Å². The molecule has 0 unspecified atom stereocenters. The summed E-state index contributed by atoms with van der Waals surface area (Å²) in [6.07, 6.45) is 2.90. The number of nitrogens with zero attached hydrogens (tertiary/aromatic N) is 1. The summed E-state index contributed by atoms with van der Waals surface area (Å²) in [5.74, 6) is -0.765. The smallest absolute Gasteiger partial charge is 0.309 e. The first-order valence-corrected chi connectivity index (χ1v) is 6.56. The Morgan fingerprint density at radius 3 is 2.53 bits per heavy atom. The van der Waals surface area contributed by atoms with Crippen molar-refractivity contribution in [3.63, 3.8) is 0 Å². The Hall–Kier alpha value is -1.72. The topological polar surface area (TPSA) is 76.1 Å². The summed E-state index contributed by atoms with van der Waals surface area (Å²) in [5.41, 5.74) is -0.685. The van der Waals surface area contributed by atoms with Gasteiger partial charge < -0.3 is 19.5 Å². The highest BCUT2D eigenvalue weighted by Crippen LogP contribution is 2.35. The van der Waals surface area contributed by atoms with Gasteiger partial charge in [0.05, 0.1) is 5.41 Å². The lowest BCUT2D eigenvalue weighted by Crippen LogP contribution is -2.47. The molecule has 0 spiro atoms. The van der Waals surface area contributed by atoms with Gasteiger partial charge in [0.2, 0.25) is 5.76 Å². The molecule has 2 aliphatic heterocycles. The van der Waals surface area contributed by atoms with Crippen molar-refractivity contribution in [2.24, 2.45) is 5.41 Å². The highest BCUT2D eigenvalue weighted by molar-refractivity contribution is 5.91. The second-order valence-electron chi connectivity index (χ2n) is 4.93. The lowest BCUT2D eigenvalue weighted by molar-refractivity contribution is -0.154. The van der Waals surface area contributed by atoms with E-state index < -0.39 is 11.4 Å². The summed E-state index contributed by atoms with van der Waals surface area (Å²) < 4.78 is 10.3. The standard InChI is InChI=1S/C13H19NO5/c1-2-13(12(16)17)3-5-14(6-4-13)11(15)10-9-18-7-8-19-10/h9H,2-8H2,1H3,(H,16,17). The van der Waals surface area contributed by atoms with Crippen LogP contribution in [0.1, 0.15) is 26.2 Å². The van der Waals surface area contributed by atoms with Gasteiger partial charge in [0.25, 0.3) is 5.91 Å². The molecule has 0 atom stereocenters. The number of carbonyl (C=O) groups is 2. The second-order valence-corrected chi connectivity index (χ2v) is 4.93. The lowest BCUT2D eigenvalue weighted by atomic mass is 9.76. The summed E-state index contributed by atoms with van der Waals surface area (Å²) in [6, 6.07) is 0. The van der Waals surface area contributed by atoms with E-state index in [-0.39, 0.29) is 11.7 Å². The number of aliphatic carboxylic acids is 1. The molecule has 2 aliphatic rings. The highest BCUT2D eigenvalue weighted by Gasteiger charge is 2.41. The average Bonchev–Trinajstić information content (AvgIpc) is 2.47. The van der Waals surface area contributed by atoms with Crippen LogP contribution >= 0.6 is 0 Å². The van der Waals surface area contributed by atoms with Crippen LogP contribution in [0.2, 0.25) is 0 Å². The molecular formula is C13H19NO5. The van der Waals surface area contributed by atoms with Crippen molar-refractivity contribution in [1.82, 2.24) is 4.90 Å². The Kier molecular flexibility index (Phi) is 3.97. The van der Waals surface area contributed by atoms with E-state index in [4.69, 9.17) is 9.47 Å². The number of carboxylic acids is 1. The third kappa shape index (κ3) is 2.67. The van der Waals surface area contributed by atoms with Crippen LogP contribution in [-0.2, 0) is 19.1 Å². The molecule has 2 rings (SSSR count). The Balaban J connectivity index is 1.98. The molecule has 106 valence electrons. The largest absolute Gasteiger partial charge is 0.494 e. The number of carboxylic acid groups (broad SMARTS) is 1. The summed E-state index contributed by atoms with van der Waals surface area (Å²) >= 11 is 0. The molecule has 0 bridgehead atoms. The van der Waals surface area contributed by atoms with Gasteiger partial charge in [-0.1, -0.05) is 6.92 Å². The minimum Gasteiger partial charge on any atom is -0.494 e. The molecule has 19 heavy (non-hydrogen) atoms. The molecule has 0 aliphatic carbocycles. The first kappa shape index (κ1) is 13.7. The summed E-state index contributed by atoms with van der Waals surface area (Å²) in [7, 11) is 0.